The molecule has 0 atom stereocenters. The average molecular weight is 358 g/mol. The fourth-order valence-corrected chi connectivity index (χ4v) is 2.43. The Kier molecular flexibility index (Phi) is 4.99. The second kappa shape index (κ2) is 7.34. The van der Waals surface area contributed by atoms with Crippen molar-refractivity contribution in [3.63, 3.8) is 0 Å². The van der Waals surface area contributed by atoms with Crippen LogP contribution in [0.2, 0.25) is 10.0 Å². The Morgan fingerprint density at radius 2 is 1.71 bits per heavy atom. The van der Waals surface area contributed by atoms with Crippen molar-refractivity contribution in [2.75, 3.05) is 10.6 Å². The van der Waals surface area contributed by atoms with Crippen molar-refractivity contribution >= 4 is 46.2 Å². The van der Waals surface area contributed by atoms with Crippen molar-refractivity contribution in [2.45, 2.75) is 0 Å². The third-order valence-corrected chi connectivity index (χ3v) is 3.80. The van der Waals surface area contributed by atoms with E-state index in [1.54, 1.807) is 36.5 Å². The van der Waals surface area contributed by atoms with Gasteiger partial charge in [-0.3, -0.25) is 9.78 Å². The summed E-state index contributed by atoms with van der Waals surface area (Å²) in [4.78, 5) is 16.4. The van der Waals surface area contributed by atoms with Gasteiger partial charge in [0.25, 0.3) is 5.91 Å². The van der Waals surface area contributed by atoms with Gasteiger partial charge in [0.1, 0.15) is 5.69 Å². The number of nitrogens with one attached hydrogen (secondary N) is 2. The smallest absolute Gasteiger partial charge is 0.274 e. The number of aromatic nitrogens is 1. The number of rotatable bonds is 4. The highest BCUT2D eigenvalue weighted by atomic mass is 35.5. The summed E-state index contributed by atoms with van der Waals surface area (Å²) in [6.07, 6.45) is 1.56. The van der Waals surface area contributed by atoms with E-state index in [0.717, 1.165) is 0 Å². The Morgan fingerprint density at radius 3 is 2.50 bits per heavy atom. The summed E-state index contributed by atoms with van der Waals surface area (Å²) in [5.41, 5.74) is 2.35. The largest absolute Gasteiger partial charge is 0.354 e. The number of halogens is 2. The van der Waals surface area contributed by atoms with Crippen molar-refractivity contribution in [3.8, 4) is 0 Å². The molecule has 0 bridgehead atoms. The predicted molar refractivity (Wildman–Crippen MR) is 98.4 cm³/mol. The number of amides is 1. The van der Waals surface area contributed by atoms with E-state index in [1.165, 1.54) is 0 Å². The van der Waals surface area contributed by atoms with Gasteiger partial charge in [-0.05, 0) is 42.5 Å². The number of carbonyl (C=O) groups excluding carboxylic acids is 1. The van der Waals surface area contributed by atoms with E-state index in [2.05, 4.69) is 15.6 Å². The molecule has 0 unspecified atom stereocenters. The summed E-state index contributed by atoms with van der Waals surface area (Å²) in [7, 11) is 0. The minimum atomic E-state index is -0.290. The van der Waals surface area contributed by atoms with Gasteiger partial charge in [-0.2, -0.15) is 0 Å². The lowest BCUT2D eigenvalue weighted by atomic mass is 10.2. The summed E-state index contributed by atoms with van der Waals surface area (Å²) < 4.78 is 0. The van der Waals surface area contributed by atoms with E-state index in [0.29, 0.717) is 32.8 Å². The molecule has 3 rings (SSSR count). The molecule has 120 valence electrons. The number of nitrogens with zero attached hydrogens (tertiary/aromatic N) is 1. The first-order valence-electron chi connectivity index (χ1n) is 7.16. The minimum Gasteiger partial charge on any atom is -0.354 e. The van der Waals surface area contributed by atoms with Crippen molar-refractivity contribution in [2.24, 2.45) is 0 Å². The number of hydrogen-bond donors (Lipinski definition) is 2. The molecule has 0 spiro atoms. The SMILES string of the molecule is O=C(Nc1ccccc1)c1cc(Nc2cc(Cl)ccc2Cl)ccn1. The molecule has 0 aliphatic carbocycles. The van der Waals surface area contributed by atoms with Gasteiger partial charge in [0, 0.05) is 22.6 Å². The number of carbonyl (C=O) groups is 1. The van der Waals surface area contributed by atoms with E-state index >= 15 is 0 Å². The molecule has 1 amide bonds. The Hall–Kier alpha value is -2.56. The molecule has 6 heteroatoms. The maximum atomic E-state index is 12.3. The zero-order chi connectivity index (χ0) is 16.9. The monoisotopic (exact) mass is 357 g/mol. The molecule has 0 fully saturated rings. The lowest BCUT2D eigenvalue weighted by Crippen LogP contribution is -2.13. The molecule has 0 saturated carbocycles. The van der Waals surface area contributed by atoms with E-state index in [-0.39, 0.29) is 5.91 Å². The van der Waals surface area contributed by atoms with E-state index in [9.17, 15) is 4.79 Å². The quantitative estimate of drug-likeness (QED) is 0.658. The lowest BCUT2D eigenvalue weighted by Gasteiger charge is -2.10. The van der Waals surface area contributed by atoms with Crippen LogP contribution in [0.1, 0.15) is 10.5 Å². The fraction of sp³-hybridized carbons (Fsp3) is 0. The van der Waals surface area contributed by atoms with Crippen molar-refractivity contribution in [1.82, 2.24) is 4.98 Å². The highest BCUT2D eigenvalue weighted by Crippen LogP contribution is 2.28. The first kappa shape index (κ1) is 16.3. The third kappa shape index (κ3) is 4.04. The molecule has 0 aliphatic heterocycles. The topological polar surface area (TPSA) is 54.0 Å². The van der Waals surface area contributed by atoms with Gasteiger partial charge in [-0.15, -0.1) is 0 Å². The minimum absolute atomic E-state index is 0.290. The molecular formula is C18H13Cl2N3O. The van der Waals surface area contributed by atoms with Crippen LogP contribution in [0.25, 0.3) is 0 Å². The fourth-order valence-electron chi connectivity index (χ4n) is 2.10. The summed E-state index contributed by atoms with van der Waals surface area (Å²) >= 11 is 12.1. The number of pyridine rings is 1. The second-order valence-corrected chi connectivity index (χ2v) is 5.84. The van der Waals surface area contributed by atoms with Crippen LogP contribution in [0.5, 0.6) is 0 Å². The molecule has 0 radical (unpaired) electrons. The molecular weight excluding hydrogens is 345 g/mol. The van der Waals surface area contributed by atoms with Gasteiger partial charge >= 0.3 is 0 Å². The molecule has 2 aromatic carbocycles. The van der Waals surface area contributed by atoms with Crippen LogP contribution in [-0.4, -0.2) is 10.9 Å². The Bertz CT molecular complexity index is 869. The van der Waals surface area contributed by atoms with E-state index in [1.807, 2.05) is 30.3 Å². The van der Waals surface area contributed by atoms with Crippen LogP contribution in [0.3, 0.4) is 0 Å². The molecule has 0 aliphatic rings. The van der Waals surface area contributed by atoms with Gasteiger partial charge in [0.15, 0.2) is 0 Å². The standard InChI is InChI=1S/C18H13Cl2N3O/c19-12-6-7-15(20)16(10-12)22-14-8-9-21-17(11-14)18(24)23-13-4-2-1-3-5-13/h1-11H,(H,21,22)(H,23,24). The van der Waals surface area contributed by atoms with Crippen LogP contribution in [0.4, 0.5) is 17.1 Å². The molecule has 0 saturated heterocycles. The number of hydrogen-bond acceptors (Lipinski definition) is 3. The van der Waals surface area contributed by atoms with Crippen LogP contribution in [-0.2, 0) is 0 Å². The third-order valence-electron chi connectivity index (χ3n) is 3.23. The maximum absolute atomic E-state index is 12.3. The van der Waals surface area contributed by atoms with Gasteiger partial charge < -0.3 is 10.6 Å². The van der Waals surface area contributed by atoms with Crippen LogP contribution < -0.4 is 10.6 Å². The normalized spacial score (nSPS) is 10.2. The molecule has 4 nitrogen and oxygen atoms in total. The van der Waals surface area contributed by atoms with Gasteiger partial charge in [-0.1, -0.05) is 41.4 Å². The summed E-state index contributed by atoms with van der Waals surface area (Å²) in [6, 6.07) is 17.7. The summed E-state index contributed by atoms with van der Waals surface area (Å²) in [5, 5.41) is 7.03. The van der Waals surface area contributed by atoms with Crippen LogP contribution in [0, 0.1) is 0 Å². The summed E-state index contributed by atoms with van der Waals surface area (Å²) in [6.45, 7) is 0. The highest BCUT2D eigenvalue weighted by Gasteiger charge is 2.09. The van der Waals surface area contributed by atoms with Crippen molar-refractivity contribution in [3.05, 3.63) is 82.6 Å². The Balaban J connectivity index is 1.79. The lowest BCUT2D eigenvalue weighted by molar-refractivity contribution is 0.102. The molecule has 1 aromatic heterocycles. The molecule has 3 aromatic rings. The second-order valence-electron chi connectivity index (χ2n) is 5.00. The number of benzene rings is 2. The predicted octanol–water partition coefficient (Wildman–Crippen LogP) is 5.38. The van der Waals surface area contributed by atoms with Crippen molar-refractivity contribution in [1.29, 1.82) is 0 Å². The van der Waals surface area contributed by atoms with Gasteiger partial charge in [0.05, 0.1) is 10.7 Å². The van der Waals surface area contributed by atoms with E-state index < -0.39 is 0 Å². The zero-order valence-electron chi connectivity index (χ0n) is 12.5. The Labute approximate surface area is 149 Å². The number of para-hydroxylation sites is 1. The highest BCUT2D eigenvalue weighted by molar-refractivity contribution is 6.35. The van der Waals surface area contributed by atoms with Crippen LogP contribution >= 0.6 is 23.2 Å². The van der Waals surface area contributed by atoms with Crippen molar-refractivity contribution < 1.29 is 4.79 Å². The zero-order valence-corrected chi connectivity index (χ0v) is 14.0. The Morgan fingerprint density at radius 1 is 0.917 bits per heavy atom. The first-order chi connectivity index (χ1) is 11.6. The average Bonchev–Trinajstić information content (AvgIpc) is 2.59. The summed E-state index contributed by atoms with van der Waals surface area (Å²) in [5.74, 6) is -0.290. The first-order valence-corrected chi connectivity index (χ1v) is 7.92. The van der Waals surface area contributed by atoms with E-state index in [4.69, 9.17) is 23.2 Å². The maximum Gasteiger partial charge on any atom is 0.274 e. The van der Waals surface area contributed by atoms with Gasteiger partial charge in [-0.25, -0.2) is 0 Å². The molecule has 2 N–H and O–H groups in total. The molecule has 24 heavy (non-hydrogen) atoms. The van der Waals surface area contributed by atoms with Crippen LogP contribution in [0.15, 0.2) is 66.9 Å². The molecule has 1 heterocycles. The number of anilines is 3. The van der Waals surface area contributed by atoms with Gasteiger partial charge in [0.2, 0.25) is 0 Å².